The van der Waals surface area contributed by atoms with Crippen LogP contribution in [0.3, 0.4) is 0 Å². The van der Waals surface area contributed by atoms with Crippen LogP contribution < -0.4 is 5.32 Å². The summed E-state index contributed by atoms with van der Waals surface area (Å²) in [6, 6.07) is 6.36. The van der Waals surface area contributed by atoms with Crippen LogP contribution in [0.25, 0.3) is 0 Å². The maximum Gasteiger partial charge on any atom is 0.255 e. The number of hydrogen-bond donors (Lipinski definition) is 1. The SMILES string of the molecule is O=C(c1ccc(NC2CCC2)nc1)N1CCC(CCn2cccn2)CC1. The highest BCUT2D eigenvalue weighted by molar-refractivity contribution is 5.94. The fraction of sp³-hybridized carbons (Fsp3) is 0.550. The monoisotopic (exact) mass is 353 g/mol. The molecule has 2 fully saturated rings. The summed E-state index contributed by atoms with van der Waals surface area (Å²) in [6.45, 7) is 2.64. The van der Waals surface area contributed by atoms with Gasteiger partial charge in [0.25, 0.3) is 5.91 Å². The highest BCUT2D eigenvalue weighted by Gasteiger charge is 2.24. The van der Waals surface area contributed by atoms with Gasteiger partial charge in [0.1, 0.15) is 5.82 Å². The fourth-order valence-electron chi connectivity index (χ4n) is 3.72. The quantitative estimate of drug-likeness (QED) is 0.866. The Balaban J connectivity index is 1.25. The minimum Gasteiger partial charge on any atom is -0.367 e. The van der Waals surface area contributed by atoms with Gasteiger partial charge in [-0.25, -0.2) is 4.98 Å². The lowest BCUT2D eigenvalue weighted by Crippen LogP contribution is -2.38. The number of hydrogen-bond acceptors (Lipinski definition) is 4. The van der Waals surface area contributed by atoms with Gasteiger partial charge in [-0.2, -0.15) is 5.10 Å². The molecule has 138 valence electrons. The molecule has 0 aromatic carbocycles. The highest BCUT2D eigenvalue weighted by atomic mass is 16.2. The number of rotatable bonds is 6. The van der Waals surface area contributed by atoms with Gasteiger partial charge in [-0.3, -0.25) is 9.48 Å². The number of aryl methyl sites for hydroxylation is 1. The van der Waals surface area contributed by atoms with Crippen molar-refractivity contribution in [3.63, 3.8) is 0 Å². The number of carbonyl (C=O) groups excluding carboxylic acids is 1. The van der Waals surface area contributed by atoms with E-state index in [2.05, 4.69) is 15.4 Å². The lowest BCUT2D eigenvalue weighted by atomic mass is 9.93. The molecule has 0 bridgehead atoms. The first-order valence-corrected chi connectivity index (χ1v) is 9.77. The number of piperidine rings is 1. The van der Waals surface area contributed by atoms with Crippen molar-refractivity contribution >= 4 is 11.7 Å². The summed E-state index contributed by atoms with van der Waals surface area (Å²) in [7, 11) is 0. The van der Waals surface area contributed by atoms with Crippen LogP contribution >= 0.6 is 0 Å². The molecular formula is C20H27N5O. The second-order valence-electron chi connectivity index (χ2n) is 7.50. The molecule has 0 radical (unpaired) electrons. The molecule has 0 atom stereocenters. The minimum absolute atomic E-state index is 0.109. The molecule has 2 aliphatic rings. The average molecular weight is 353 g/mol. The molecule has 26 heavy (non-hydrogen) atoms. The van der Waals surface area contributed by atoms with Crippen LogP contribution in [-0.4, -0.2) is 44.7 Å². The number of carbonyl (C=O) groups is 1. The van der Waals surface area contributed by atoms with Gasteiger partial charge in [-0.15, -0.1) is 0 Å². The van der Waals surface area contributed by atoms with Crippen LogP contribution in [-0.2, 0) is 6.54 Å². The summed E-state index contributed by atoms with van der Waals surface area (Å²) in [5.41, 5.74) is 0.694. The zero-order valence-corrected chi connectivity index (χ0v) is 15.2. The number of pyridine rings is 1. The Kier molecular flexibility index (Phi) is 5.18. The van der Waals surface area contributed by atoms with Crippen LogP contribution in [0.2, 0.25) is 0 Å². The molecule has 2 aromatic rings. The molecule has 4 rings (SSSR count). The molecule has 1 amide bonds. The van der Waals surface area contributed by atoms with E-state index < -0.39 is 0 Å². The van der Waals surface area contributed by atoms with E-state index in [9.17, 15) is 4.79 Å². The van der Waals surface area contributed by atoms with Crippen molar-refractivity contribution in [3.05, 3.63) is 42.4 Å². The Hall–Kier alpha value is -2.37. The van der Waals surface area contributed by atoms with Crippen molar-refractivity contribution in [2.75, 3.05) is 18.4 Å². The third-order valence-electron chi connectivity index (χ3n) is 5.69. The van der Waals surface area contributed by atoms with Gasteiger partial charge < -0.3 is 10.2 Å². The van der Waals surface area contributed by atoms with Gasteiger partial charge in [-0.05, 0) is 62.6 Å². The predicted octanol–water partition coefficient (Wildman–Crippen LogP) is 3.19. The minimum atomic E-state index is 0.109. The first-order chi connectivity index (χ1) is 12.8. The molecule has 1 N–H and O–H groups in total. The van der Waals surface area contributed by atoms with Crippen molar-refractivity contribution in [2.24, 2.45) is 5.92 Å². The molecule has 1 saturated heterocycles. The third kappa shape index (κ3) is 4.06. The van der Waals surface area contributed by atoms with Gasteiger partial charge in [-0.1, -0.05) is 0 Å². The number of nitrogens with one attached hydrogen (secondary N) is 1. The topological polar surface area (TPSA) is 63.1 Å². The van der Waals surface area contributed by atoms with E-state index in [1.165, 1.54) is 19.3 Å². The molecule has 1 aliphatic carbocycles. The van der Waals surface area contributed by atoms with Crippen molar-refractivity contribution in [2.45, 2.75) is 51.1 Å². The number of nitrogens with zero attached hydrogens (tertiary/aromatic N) is 4. The lowest BCUT2D eigenvalue weighted by Gasteiger charge is -2.32. The summed E-state index contributed by atoms with van der Waals surface area (Å²) >= 11 is 0. The van der Waals surface area contributed by atoms with Crippen LogP contribution in [0.1, 0.15) is 48.9 Å². The molecule has 6 heteroatoms. The molecule has 6 nitrogen and oxygen atoms in total. The second kappa shape index (κ2) is 7.89. The summed E-state index contributed by atoms with van der Waals surface area (Å²) < 4.78 is 1.99. The molecular weight excluding hydrogens is 326 g/mol. The smallest absolute Gasteiger partial charge is 0.255 e. The number of aromatic nitrogens is 3. The van der Waals surface area contributed by atoms with Gasteiger partial charge in [0.2, 0.25) is 0 Å². The zero-order valence-electron chi connectivity index (χ0n) is 15.2. The van der Waals surface area contributed by atoms with E-state index in [-0.39, 0.29) is 5.91 Å². The van der Waals surface area contributed by atoms with Crippen molar-refractivity contribution in [1.82, 2.24) is 19.7 Å². The third-order valence-corrected chi connectivity index (χ3v) is 5.69. The van der Waals surface area contributed by atoms with Crippen molar-refractivity contribution < 1.29 is 4.79 Å². The summed E-state index contributed by atoms with van der Waals surface area (Å²) in [5, 5.41) is 7.67. The Morgan fingerprint density at radius 2 is 2.04 bits per heavy atom. The Morgan fingerprint density at radius 3 is 2.65 bits per heavy atom. The van der Waals surface area contributed by atoms with Crippen LogP contribution in [0.4, 0.5) is 5.82 Å². The normalized spacial score (nSPS) is 18.5. The van der Waals surface area contributed by atoms with Gasteiger partial charge in [0.05, 0.1) is 5.56 Å². The van der Waals surface area contributed by atoms with Gasteiger partial charge >= 0.3 is 0 Å². The van der Waals surface area contributed by atoms with Gasteiger partial charge in [0.15, 0.2) is 0 Å². The van der Waals surface area contributed by atoms with E-state index in [1.54, 1.807) is 6.20 Å². The average Bonchev–Trinajstić information content (AvgIpc) is 3.17. The highest BCUT2D eigenvalue weighted by Crippen LogP contribution is 2.24. The van der Waals surface area contributed by atoms with Crippen LogP contribution in [0, 0.1) is 5.92 Å². The first kappa shape index (κ1) is 17.1. The predicted molar refractivity (Wildman–Crippen MR) is 101 cm³/mol. The summed E-state index contributed by atoms with van der Waals surface area (Å²) in [4.78, 5) is 19.1. The number of likely N-dealkylation sites (tertiary alicyclic amines) is 1. The van der Waals surface area contributed by atoms with Crippen molar-refractivity contribution in [3.8, 4) is 0 Å². The zero-order chi connectivity index (χ0) is 17.8. The summed E-state index contributed by atoms with van der Waals surface area (Å²) in [6.07, 6.45) is 12.6. The van der Waals surface area contributed by atoms with E-state index in [0.717, 1.165) is 44.7 Å². The van der Waals surface area contributed by atoms with E-state index in [0.29, 0.717) is 17.5 Å². The maximum atomic E-state index is 12.7. The molecule has 0 spiro atoms. The van der Waals surface area contributed by atoms with Gasteiger partial charge in [0, 0.05) is 44.3 Å². The number of amides is 1. The molecule has 1 saturated carbocycles. The summed E-state index contributed by atoms with van der Waals surface area (Å²) in [5.74, 6) is 1.66. The van der Waals surface area contributed by atoms with E-state index in [4.69, 9.17) is 0 Å². The standard InChI is InChI=1S/C20H27N5O/c26-20(17-5-6-19(21-15-17)23-18-3-1-4-18)24-12-7-16(8-13-24)9-14-25-11-2-10-22-25/h2,5-6,10-11,15-16,18H,1,3-4,7-9,12-14H2,(H,21,23). The first-order valence-electron chi connectivity index (χ1n) is 9.77. The molecule has 0 unspecified atom stereocenters. The second-order valence-corrected chi connectivity index (χ2v) is 7.50. The van der Waals surface area contributed by atoms with Crippen molar-refractivity contribution in [1.29, 1.82) is 0 Å². The molecule has 2 aromatic heterocycles. The van der Waals surface area contributed by atoms with Crippen LogP contribution in [0.15, 0.2) is 36.8 Å². The largest absolute Gasteiger partial charge is 0.367 e. The Morgan fingerprint density at radius 1 is 1.19 bits per heavy atom. The van der Waals surface area contributed by atoms with Crippen LogP contribution in [0.5, 0.6) is 0 Å². The van der Waals surface area contributed by atoms with E-state index >= 15 is 0 Å². The fourth-order valence-corrected chi connectivity index (χ4v) is 3.72. The maximum absolute atomic E-state index is 12.7. The Labute approximate surface area is 154 Å². The van der Waals surface area contributed by atoms with E-state index in [1.807, 2.05) is 40.2 Å². The molecule has 3 heterocycles. The molecule has 1 aliphatic heterocycles. The Bertz CT molecular complexity index is 700. The lowest BCUT2D eigenvalue weighted by molar-refractivity contribution is 0.0684. The number of anilines is 1.